The molecule has 0 saturated heterocycles. The number of nitrogens with one attached hydrogen (secondary N) is 1. The third-order valence-electron chi connectivity index (χ3n) is 4.86. The second kappa shape index (κ2) is 10.8. The molecule has 0 fully saturated rings. The predicted molar refractivity (Wildman–Crippen MR) is 124 cm³/mol. The highest BCUT2D eigenvalue weighted by atomic mass is 19.1. The van der Waals surface area contributed by atoms with Crippen LogP contribution in [0.1, 0.15) is 10.4 Å². The van der Waals surface area contributed by atoms with Gasteiger partial charge in [-0.3, -0.25) is 14.8 Å². The van der Waals surface area contributed by atoms with Crippen LogP contribution in [0.5, 0.6) is 28.9 Å². The summed E-state index contributed by atoms with van der Waals surface area (Å²) in [4.78, 5) is 24.8. The molecule has 10 nitrogen and oxygen atoms in total. The molecule has 0 atom stereocenters. The maximum atomic E-state index is 14.9. The first-order chi connectivity index (χ1) is 17.4. The average Bonchev–Trinajstić information content (AvgIpc) is 2.88. The van der Waals surface area contributed by atoms with Crippen LogP contribution in [0.15, 0.2) is 48.9 Å². The number of methoxy groups -OCH3 is 2. The number of fused-ring (bicyclic) bond motifs is 1. The maximum absolute atomic E-state index is 14.9. The van der Waals surface area contributed by atoms with Gasteiger partial charge in [0.15, 0.2) is 28.9 Å². The van der Waals surface area contributed by atoms with Crippen molar-refractivity contribution in [3.8, 4) is 28.9 Å². The summed E-state index contributed by atoms with van der Waals surface area (Å²) in [5.74, 6) is -2.96. The minimum absolute atomic E-state index is 0.00156. The van der Waals surface area contributed by atoms with Gasteiger partial charge in [-0.25, -0.2) is 13.8 Å². The molecule has 3 aromatic heterocycles. The van der Waals surface area contributed by atoms with Crippen LogP contribution in [0.2, 0.25) is 0 Å². The SMILES string of the molecule is COc1ccncc1C(=O)Nc1cc(F)c(Oc2ccnc3cc(OCCO)c(OC)nc23)c(F)c1. The van der Waals surface area contributed by atoms with E-state index in [-0.39, 0.29) is 53.1 Å². The van der Waals surface area contributed by atoms with Crippen molar-refractivity contribution in [1.29, 1.82) is 0 Å². The lowest BCUT2D eigenvalue weighted by atomic mass is 10.2. The molecule has 0 bridgehead atoms. The normalized spacial score (nSPS) is 10.7. The van der Waals surface area contributed by atoms with Crippen LogP contribution in [0.4, 0.5) is 14.5 Å². The number of benzene rings is 1. The molecule has 0 aliphatic heterocycles. The number of amides is 1. The Labute approximate surface area is 203 Å². The number of pyridine rings is 3. The molecule has 4 rings (SSSR count). The summed E-state index contributed by atoms with van der Waals surface area (Å²) >= 11 is 0. The van der Waals surface area contributed by atoms with Crippen molar-refractivity contribution >= 4 is 22.6 Å². The van der Waals surface area contributed by atoms with Crippen molar-refractivity contribution in [2.75, 3.05) is 32.8 Å². The number of carbonyl (C=O) groups is 1. The second-order valence-corrected chi connectivity index (χ2v) is 7.15. The number of nitrogens with zero attached hydrogens (tertiary/aromatic N) is 3. The van der Waals surface area contributed by atoms with Crippen LogP contribution in [0, 0.1) is 11.6 Å². The van der Waals surface area contributed by atoms with E-state index in [1.54, 1.807) is 0 Å². The Bertz CT molecular complexity index is 1400. The van der Waals surface area contributed by atoms with E-state index in [2.05, 4.69) is 20.3 Å². The van der Waals surface area contributed by atoms with Gasteiger partial charge in [-0.2, -0.15) is 0 Å². The molecule has 2 N–H and O–H groups in total. The van der Waals surface area contributed by atoms with Gasteiger partial charge < -0.3 is 29.4 Å². The number of ether oxygens (including phenoxy) is 4. The third-order valence-corrected chi connectivity index (χ3v) is 4.86. The van der Waals surface area contributed by atoms with E-state index >= 15 is 0 Å². The maximum Gasteiger partial charge on any atom is 0.261 e. The van der Waals surface area contributed by atoms with Gasteiger partial charge in [0, 0.05) is 48.5 Å². The molecule has 12 heteroatoms. The fourth-order valence-electron chi connectivity index (χ4n) is 3.27. The summed E-state index contributed by atoms with van der Waals surface area (Å²) in [5.41, 5.74) is 0.409. The first-order valence-electron chi connectivity index (χ1n) is 10.5. The Morgan fingerprint density at radius 3 is 2.47 bits per heavy atom. The molecule has 0 aliphatic carbocycles. The molecule has 0 unspecified atom stereocenters. The molecule has 4 aromatic rings. The molecular formula is C24H20F2N4O6. The Morgan fingerprint density at radius 1 is 1.03 bits per heavy atom. The van der Waals surface area contributed by atoms with Gasteiger partial charge in [-0.1, -0.05) is 0 Å². The monoisotopic (exact) mass is 498 g/mol. The number of hydrogen-bond acceptors (Lipinski definition) is 9. The van der Waals surface area contributed by atoms with Crippen molar-refractivity contribution in [3.05, 3.63) is 66.1 Å². The highest BCUT2D eigenvalue weighted by molar-refractivity contribution is 6.06. The standard InChI is InChI=1S/C24H20F2N4O6/c1-33-18-3-5-27-12-14(18)23(32)29-13-9-15(25)22(16(26)10-13)36-19-4-6-28-17-11-20(35-8-7-31)24(34-2)30-21(17)19/h3-6,9-12,31H,7-8H2,1-2H3,(H,29,32). The smallest absolute Gasteiger partial charge is 0.261 e. The summed E-state index contributed by atoms with van der Waals surface area (Å²) in [7, 11) is 2.75. The van der Waals surface area contributed by atoms with Gasteiger partial charge in [-0.05, 0) is 6.07 Å². The van der Waals surface area contributed by atoms with Crippen LogP contribution in [-0.2, 0) is 0 Å². The van der Waals surface area contributed by atoms with E-state index in [0.29, 0.717) is 5.52 Å². The molecule has 186 valence electrons. The largest absolute Gasteiger partial charge is 0.496 e. The topological polar surface area (TPSA) is 125 Å². The van der Waals surface area contributed by atoms with E-state index in [1.807, 2.05) is 0 Å². The minimum Gasteiger partial charge on any atom is -0.496 e. The van der Waals surface area contributed by atoms with Crippen molar-refractivity contribution in [3.63, 3.8) is 0 Å². The molecule has 36 heavy (non-hydrogen) atoms. The van der Waals surface area contributed by atoms with E-state index in [0.717, 1.165) is 12.1 Å². The van der Waals surface area contributed by atoms with Gasteiger partial charge in [0.25, 0.3) is 11.8 Å². The highest BCUT2D eigenvalue weighted by Gasteiger charge is 2.20. The zero-order valence-electron chi connectivity index (χ0n) is 19.1. The number of aromatic nitrogens is 3. The quantitative estimate of drug-likeness (QED) is 0.355. The number of aliphatic hydroxyl groups excluding tert-OH is 1. The van der Waals surface area contributed by atoms with Crippen molar-refractivity contribution in [2.45, 2.75) is 0 Å². The first-order valence-corrected chi connectivity index (χ1v) is 10.5. The Hall–Kier alpha value is -4.58. The second-order valence-electron chi connectivity index (χ2n) is 7.15. The molecule has 1 aromatic carbocycles. The van der Waals surface area contributed by atoms with Crippen LogP contribution >= 0.6 is 0 Å². The molecule has 1 amide bonds. The van der Waals surface area contributed by atoms with Crippen LogP contribution < -0.4 is 24.3 Å². The Morgan fingerprint density at radius 2 is 1.78 bits per heavy atom. The van der Waals surface area contributed by atoms with Crippen molar-refractivity contribution in [1.82, 2.24) is 15.0 Å². The predicted octanol–water partition coefficient (Wildman–Crippen LogP) is 3.74. The summed E-state index contributed by atoms with van der Waals surface area (Å²) in [6, 6.07) is 6.19. The van der Waals surface area contributed by atoms with Crippen LogP contribution in [0.3, 0.4) is 0 Å². The van der Waals surface area contributed by atoms with Gasteiger partial charge in [0.1, 0.15) is 17.9 Å². The van der Waals surface area contributed by atoms with E-state index < -0.39 is 23.3 Å². The lowest BCUT2D eigenvalue weighted by molar-refractivity contribution is 0.102. The van der Waals surface area contributed by atoms with E-state index in [1.165, 1.54) is 51.0 Å². The van der Waals surface area contributed by atoms with E-state index in [9.17, 15) is 13.6 Å². The zero-order valence-corrected chi connectivity index (χ0v) is 19.1. The summed E-state index contributed by atoms with van der Waals surface area (Å²) in [6.45, 7) is -0.213. The summed E-state index contributed by atoms with van der Waals surface area (Å²) in [6.07, 6.45) is 4.08. The first kappa shape index (κ1) is 24.5. The molecule has 0 radical (unpaired) electrons. The summed E-state index contributed by atoms with van der Waals surface area (Å²) in [5, 5.41) is 11.4. The van der Waals surface area contributed by atoms with Crippen LogP contribution in [-0.4, -0.2) is 53.4 Å². The van der Waals surface area contributed by atoms with Gasteiger partial charge in [-0.15, -0.1) is 0 Å². The van der Waals surface area contributed by atoms with Gasteiger partial charge >= 0.3 is 0 Å². The molecule has 0 saturated carbocycles. The van der Waals surface area contributed by atoms with Crippen LogP contribution in [0.25, 0.3) is 11.0 Å². The fraction of sp³-hybridized carbons (Fsp3) is 0.167. The van der Waals surface area contributed by atoms with Crippen molar-refractivity contribution in [2.24, 2.45) is 0 Å². The lowest BCUT2D eigenvalue weighted by Gasteiger charge is -2.14. The number of anilines is 1. The zero-order chi connectivity index (χ0) is 25.7. The number of carbonyl (C=O) groups excluding carboxylic acids is 1. The molecule has 0 aliphatic rings. The number of halogens is 2. The van der Waals surface area contributed by atoms with E-state index in [4.69, 9.17) is 24.1 Å². The highest BCUT2D eigenvalue weighted by Crippen LogP contribution is 2.36. The number of rotatable bonds is 9. The third kappa shape index (κ3) is 5.08. The minimum atomic E-state index is -1.07. The number of aliphatic hydroxyl groups is 1. The number of hydrogen-bond donors (Lipinski definition) is 2. The molecular weight excluding hydrogens is 478 g/mol. The van der Waals surface area contributed by atoms with Gasteiger partial charge in [0.2, 0.25) is 0 Å². The summed E-state index contributed by atoms with van der Waals surface area (Å²) < 4.78 is 51.0. The fourth-order valence-corrected chi connectivity index (χ4v) is 3.27. The Balaban J connectivity index is 1.63. The molecule has 3 heterocycles. The lowest BCUT2D eigenvalue weighted by Crippen LogP contribution is -2.14. The van der Waals surface area contributed by atoms with Crippen molar-refractivity contribution < 1.29 is 37.6 Å². The molecule has 0 spiro atoms. The van der Waals surface area contributed by atoms with Gasteiger partial charge in [0.05, 0.1) is 31.9 Å². The average molecular weight is 498 g/mol. The Kier molecular flexibility index (Phi) is 7.35.